The second-order valence-electron chi connectivity index (χ2n) is 4.34. The average Bonchev–Trinajstić information content (AvgIpc) is 2.88. The minimum absolute atomic E-state index is 0.123. The third-order valence-electron chi connectivity index (χ3n) is 2.88. The molecule has 3 aromatic heterocycles. The molecule has 7 nitrogen and oxygen atoms in total. The van der Waals surface area contributed by atoms with Crippen molar-refractivity contribution in [2.24, 2.45) is 0 Å². The quantitative estimate of drug-likeness (QED) is 0.754. The van der Waals surface area contributed by atoms with Crippen LogP contribution in [-0.4, -0.2) is 24.9 Å². The van der Waals surface area contributed by atoms with Crippen LogP contribution in [0.5, 0.6) is 11.6 Å². The number of H-pyrrole nitrogens is 1. The Labute approximate surface area is 115 Å². The summed E-state index contributed by atoms with van der Waals surface area (Å²) in [5.74, 6) is 1.13. The van der Waals surface area contributed by atoms with Crippen LogP contribution in [0.3, 0.4) is 0 Å². The Hall–Kier alpha value is -2.70. The van der Waals surface area contributed by atoms with Gasteiger partial charge in [0, 0.05) is 5.69 Å². The van der Waals surface area contributed by atoms with E-state index in [1.54, 1.807) is 0 Å². The van der Waals surface area contributed by atoms with Gasteiger partial charge in [-0.25, -0.2) is 4.98 Å². The number of pyridine rings is 1. The normalized spacial score (nSPS) is 10.9. The SMILES string of the molecule is CCc1nc(C)ccc1Oc1nc(N)nc2nc[nH]c12. The average molecular weight is 270 g/mol. The zero-order chi connectivity index (χ0) is 14.1. The number of aromatic nitrogens is 5. The maximum absolute atomic E-state index is 5.84. The molecule has 0 aliphatic rings. The first-order chi connectivity index (χ1) is 9.67. The Bertz CT molecular complexity index is 767. The molecule has 0 saturated carbocycles. The summed E-state index contributed by atoms with van der Waals surface area (Å²) in [6.45, 7) is 3.97. The predicted molar refractivity (Wildman–Crippen MR) is 74.5 cm³/mol. The van der Waals surface area contributed by atoms with Gasteiger partial charge in [-0.1, -0.05) is 6.92 Å². The third kappa shape index (κ3) is 2.13. The van der Waals surface area contributed by atoms with Crippen molar-refractivity contribution in [3.8, 4) is 11.6 Å². The first-order valence-corrected chi connectivity index (χ1v) is 6.28. The molecule has 0 saturated heterocycles. The fourth-order valence-corrected chi connectivity index (χ4v) is 1.94. The Morgan fingerprint density at radius 2 is 2.10 bits per heavy atom. The van der Waals surface area contributed by atoms with E-state index in [1.165, 1.54) is 6.33 Å². The molecule has 0 unspecified atom stereocenters. The van der Waals surface area contributed by atoms with Gasteiger partial charge in [0.25, 0.3) is 5.88 Å². The van der Waals surface area contributed by atoms with E-state index in [-0.39, 0.29) is 5.95 Å². The van der Waals surface area contributed by atoms with E-state index in [2.05, 4.69) is 24.9 Å². The Kier molecular flexibility index (Phi) is 2.94. The monoisotopic (exact) mass is 270 g/mol. The number of aryl methyl sites for hydroxylation is 2. The molecule has 0 aliphatic heterocycles. The van der Waals surface area contributed by atoms with E-state index in [0.717, 1.165) is 17.8 Å². The molecule has 0 radical (unpaired) electrons. The van der Waals surface area contributed by atoms with E-state index in [4.69, 9.17) is 10.5 Å². The number of hydrogen-bond acceptors (Lipinski definition) is 6. The number of ether oxygens (including phenoxy) is 1. The molecule has 0 amide bonds. The lowest BCUT2D eigenvalue weighted by atomic mass is 10.2. The number of imidazole rings is 1. The minimum Gasteiger partial charge on any atom is -0.435 e. The highest BCUT2D eigenvalue weighted by Gasteiger charge is 2.13. The van der Waals surface area contributed by atoms with E-state index in [9.17, 15) is 0 Å². The van der Waals surface area contributed by atoms with Gasteiger partial charge in [0.1, 0.15) is 5.52 Å². The van der Waals surface area contributed by atoms with Crippen molar-refractivity contribution in [1.29, 1.82) is 0 Å². The van der Waals surface area contributed by atoms with Gasteiger partial charge in [0.05, 0.1) is 12.0 Å². The highest BCUT2D eigenvalue weighted by molar-refractivity contribution is 5.77. The highest BCUT2D eigenvalue weighted by atomic mass is 16.5. The number of rotatable bonds is 3. The van der Waals surface area contributed by atoms with E-state index >= 15 is 0 Å². The van der Waals surface area contributed by atoms with Crippen molar-refractivity contribution in [3.05, 3.63) is 29.8 Å². The molecule has 0 atom stereocenters. The largest absolute Gasteiger partial charge is 0.435 e. The topological polar surface area (TPSA) is 103 Å². The van der Waals surface area contributed by atoms with E-state index in [0.29, 0.717) is 22.8 Å². The Morgan fingerprint density at radius 3 is 2.90 bits per heavy atom. The van der Waals surface area contributed by atoms with Crippen LogP contribution in [0, 0.1) is 6.92 Å². The van der Waals surface area contributed by atoms with Crippen LogP contribution in [0.1, 0.15) is 18.3 Å². The molecule has 0 aromatic carbocycles. The summed E-state index contributed by atoms with van der Waals surface area (Å²) in [4.78, 5) is 19.6. The van der Waals surface area contributed by atoms with Gasteiger partial charge in [-0.15, -0.1) is 0 Å². The van der Waals surface area contributed by atoms with Crippen molar-refractivity contribution in [3.63, 3.8) is 0 Å². The molecule has 20 heavy (non-hydrogen) atoms. The van der Waals surface area contributed by atoms with Gasteiger partial charge >= 0.3 is 0 Å². The van der Waals surface area contributed by atoms with Crippen LogP contribution in [0.15, 0.2) is 18.5 Å². The molecule has 0 aliphatic carbocycles. The molecular weight excluding hydrogens is 256 g/mol. The van der Waals surface area contributed by atoms with E-state index in [1.807, 2.05) is 26.0 Å². The van der Waals surface area contributed by atoms with Crippen molar-refractivity contribution in [1.82, 2.24) is 24.9 Å². The van der Waals surface area contributed by atoms with Gasteiger partial charge in [0.15, 0.2) is 11.4 Å². The van der Waals surface area contributed by atoms with Crippen LogP contribution >= 0.6 is 0 Å². The molecule has 0 bridgehead atoms. The number of hydrogen-bond donors (Lipinski definition) is 2. The zero-order valence-electron chi connectivity index (χ0n) is 11.2. The number of anilines is 1. The van der Waals surface area contributed by atoms with Gasteiger partial charge in [-0.3, -0.25) is 4.98 Å². The molecule has 0 fully saturated rings. The first kappa shape index (κ1) is 12.3. The number of nitrogens with two attached hydrogens (primary N) is 1. The van der Waals surface area contributed by atoms with Crippen LogP contribution in [0.4, 0.5) is 5.95 Å². The molecule has 3 heterocycles. The first-order valence-electron chi connectivity index (χ1n) is 6.28. The molecule has 7 heteroatoms. The highest BCUT2D eigenvalue weighted by Crippen LogP contribution is 2.28. The molecule has 3 aromatic rings. The predicted octanol–water partition coefficient (Wildman–Crippen LogP) is 1.99. The number of nitrogen functional groups attached to an aromatic ring is 1. The zero-order valence-corrected chi connectivity index (χ0v) is 11.2. The Morgan fingerprint density at radius 1 is 1.25 bits per heavy atom. The van der Waals surface area contributed by atoms with Crippen LogP contribution in [0.2, 0.25) is 0 Å². The molecule has 3 N–H and O–H groups in total. The summed E-state index contributed by atoms with van der Waals surface area (Å²) in [6.07, 6.45) is 2.30. The van der Waals surface area contributed by atoms with Crippen molar-refractivity contribution >= 4 is 17.1 Å². The lowest BCUT2D eigenvalue weighted by molar-refractivity contribution is 0.459. The summed E-state index contributed by atoms with van der Waals surface area (Å²) < 4.78 is 5.84. The second kappa shape index (κ2) is 4.76. The van der Waals surface area contributed by atoms with Crippen molar-refractivity contribution in [2.45, 2.75) is 20.3 Å². The fourth-order valence-electron chi connectivity index (χ4n) is 1.94. The van der Waals surface area contributed by atoms with Gasteiger partial charge < -0.3 is 15.5 Å². The minimum atomic E-state index is 0.123. The number of fused-ring (bicyclic) bond motifs is 1. The Balaban J connectivity index is 2.07. The van der Waals surface area contributed by atoms with Crippen LogP contribution in [0.25, 0.3) is 11.2 Å². The van der Waals surface area contributed by atoms with Gasteiger partial charge in [-0.2, -0.15) is 9.97 Å². The van der Waals surface area contributed by atoms with Gasteiger partial charge in [-0.05, 0) is 25.5 Å². The number of nitrogens with one attached hydrogen (secondary N) is 1. The summed E-state index contributed by atoms with van der Waals surface area (Å²) in [5, 5.41) is 0. The smallest absolute Gasteiger partial charge is 0.250 e. The molecular formula is C13H14N6O. The standard InChI is InChI=1S/C13H14N6O/c1-3-8-9(5-4-7(2)17-8)20-12-10-11(16-6-15-10)18-13(14)19-12/h4-6H,3H2,1-2H3,(H3,14,15,16,18,19). The van der Waals surface area contributed by atoms with E-state index < -0.39 is 0 Å². The van der Waals surface area contributed by atoms with Crippen molar-refractivity contribution < 1.29 is 4.74 Å². The summed E-state index contributed by atoms with van der Waals surface area (Å²) in [7, 11) is 0. The summed E-state index contributed by atoms with van der Waals surface area (Å²) in [6, 6.07) is 3.77. The van der Waals surface area contributed by atoms with Crippen LogP contribution in [-0.2, 0) is 6.42 Å². The summed E-state index contributed by atoms with van der Waals surface area (Å²) in [5.41, 5.74) is 8.57. The van der Waals surface area contributed by atoms with Crippen molar-refractivity contribution in [2.75, 3.05) is 5.73 Å². The van der Waals surface area contributed by atoms with Crippen LogP contribution < -0.4 is 10.5 Å². The molecule has 0 spiro atoms. The lowest BCUT2D eigenvalue weighted by Crippen LogP contribution is -2.01. The summed E-state index contributed by atoms with van der Waals surface area (Å²) >= 11 is 0. The second-order valence-corrected chi connectivity index (χ2v) is 4.34. The molecule has 102 valence electrons. The fraction of sp³-hybridized carbons (Fsp3) is 0.231. The van der Waals surface area contributed by atoms with Gasteiger partial charge in [0.2, 0.25) is 5.95 Å². The third-order valence-corrected chi connectivity index (χ3v) is 2.88. The maximum atomic E-state index is 5.84. The molecule has 3 rings (SSSR count). The maximum Gasteiger partial charge on any atom is 0.250 e. The number of nitrogens with zero attached hydrogens (tertiary/aromatic N) is 4. The lowest BCUT2D eigenvalue weighted by Gasteiger charge is -2.09. The number of aromatic amines is 1.